The molecule has 3 fully saturated rings. The summed E-state index contributed by atoms with van der Waals surface area (Å²) in [4.78, 5) is 17.3. The number of carbonyl (C=O) groups is 1. The number of piperidine rings is 1. The van der Waals surface area contributed by atoms with E-state index in [2.05, 4.69) is 9.80 Å². The number of rotatable bonds is 4. The van der Waals surface area contributed by atoms with E-state index >= 15 is 0 Å². The van der Waals surface area contributed by atoms with Gasteiger partial charge in [-0.25, -0.2) is 4.39 Å². The van der Waals surface area contributed by atoms with Crippen molar-refractivity contribution in [2.45, 2.75) is 38.6 Å². The van der Waals surface area contributed by atoms with E-state index in [0.717, 1.165) is 58.3 Å². The number of likely N-dealkylation sites (tertiary alicyclic amines) is 2. The van der Waals surface area contributed by atoms with Gasteiger partial charge >= 0.3 is 0 Å². The Balaban J connectivity index is 1.39. The third-order valence-electron chi connectivity index (χ3n) is 6.71. The van der Waals surface area contributed by atoms with Crippen LogP contribution >= 0.6 is 0 Å². The van der Waals surface area contributed by atoms with E-state index < -0.39 is 0 Å². The number of carbonyl (C=O) groups excluding carboxylic acids is 1. The minimum Gasteiger partial charge on any atom is -0.497 e. The Morgan fingerprint density at radius 3 is 2.86 bits per heavy atom. The largest absolute Gasteiger partial charge is 0.497 e. The van der Waals surface area contributed by atoms with Crippen molar-refractivity contribution in [3.05, 3.63) is 29.6 Å². The molecule has 1 amide bonds. The zero-order valence-electron chi connectivity index (χ0n) is 16.8. The van der Waals surface area contributed by atoms with Gasteiger partial charge in [0.15, 0.2) is 0 Å². The fourth-order valence-corrected chi connectivity index (χ4v) is 5.14. The van der Waals surface area contributed by atoms with Crippen LogP contribution in [0.15, 0.2) is 18.2 Å². The zero-order valence-corrected chi connectivity index (χ0v) is 16.8. The predicted octanol–water partition coefficient (Wildman–Crippen LogP) is 3.08. The SMILES string of the molecule is COc1ccc(F)c(CN2CCCC3(CCN(C(=O)C4CCOCC4)C3)C2)c1. The van der Waals surface area contributed by atoms with Crippen LogP contribution < -0.4 is 4.74 Å². The number of methoxy groups -OCH3 is 1. The van der Waals surface area contributed by atoms with Gasteiger partial charge in [0.05, 0.1) is 7.11 Å². The molecule has 4 rings (SSSR count). The number of nitrogens with zero attached hydrogens (tertiary/aromatic N) is 2. The Kier molecular flexibility index (Phi) is 5.88. The highest BCUT2D eigenvalue weighted by atomic mass is 19.1. The van der Waals surface area contributed by atoms with Gasteiger partial charge < -0.3 is 14.4 Å². The summed E-state index contributed by atoms with van der Waals surface area (Å²) in [5, 5.41) is 0. The molecule has 0 radical (unpaired) electrons. The third kappa shape index (κ3) is 4.18. The average molecular weight is 390 g/mol. The molecule has 3 saturated heterocycles. The van der Waals surface area contributed by atoms with E-state index in [1.807, 2.05) is 0 Å². The van der Waals surface area contributed by atoms with Crippen molar-refractivity contribution in [2.24, 2.45) is 11.3 Å². The van der Waals surface area contributed by atoms with Gasteiger partial charge in [-0.1, -0.05) is 0 Å². The van der Waals surface area contributed by atoms with Crippen LogP contribution in [0.5, 0.6) is 5.75 Å². The van der Waals surface area contributed by atoms with Crippen LogP contribution in [0.3, 0.4) is 0 Å². The highest BCUT2D eigenvalue weighted by molar-refractivity contribution is 5.79. The topological polar surface area (TPSA) is 42.0 Å². The summed E-state index contributed by atoms with van der Waals surface area (Å²) < 4.78 is 24.9. The van der Waals surface area contributed by atoms with Crippen molar-refractivity contribution >= 4 is 5.91 Å². The number of halogens is 1. The molecule has 1 aromatic carbocycles. The molecule has 0 N–H and O–H groups in total. The van der Waals surface area contributed by atoms with Gasteiger partial charge in [0, 0.05) is 56.3 Å². The predicted molar refractivity (Wildman–Crippen MR) is 105 cm³/mol. The van der Waals surface area contributed by atoms with Crippen molar-refractivity contribution in [3.8, 4) is 5.75 Å². The van der Waals surface area contributed by atoms with E-state index in [-0.39, 0.29) is 17.2 Å². The monoisotopic (exact) mass is 390 g/mol. The number of hydrogen-bond acceptors (Lipinski definition) is 4. The summed E-state index contributed by atoms with van der Waals surface area (Å²) in [6, 6.07) is 4.94. The third-order valence-corrected chi connectivity index (χ3v) is 6.71. The molecule has 154 valence electrons. The van der Waals surface area contributed by atoms with Crippen LogP contribution in [0.2, 0.25) is 0 Å². The molecule has 0 bridgehead atoms. The highest BCUT2D eigenvalue weighted by Crippen LogP contribution is 2.40. The number of ether oxygens (including phenoxy) is 2. The van der Waals surface area contributed by atoms with Crippen molar-refractivity contribution in [2.75, 3.05) is 46.5 Å². The molecule has 5 nitrogen and oxygen atoms in total. The first-order valence-electron chi connectivity index (χ1n) is 10.5. The van der Waals surface area contributed by atoms with Crippen LogP contribution in [0.25, 0.3) is 0 Å². The molecule has 1 spiro atoms. The Morgan fingerprint density at radius 2 is 2.07 bits per heavy atom. The van der Waals surface area contributed by atoms with Crippen molar-refractivity contribution in [1.29, 1.82) is 0 Å². The smallest absolute Gasteiger partial charge is 0.225 e. The Morgan fingerprint density at radius 1 is 1.25 bits per heavy atom. The number of benzene rings is 1. The molecular formula is C22H31FN2O3. The molecule has 3 aliphatic heterocycles. The van der Waals surface area contributed by atoms with Crippen LogP contribution in [0.1, 0.15) is 37.7 Å². The molecule has 1 unspecified atom stereocenters. The standard InChI is InChI=1S/C22H31FN2O3/c1-27-19-3-4-20(23)18(13-19)14-24-9-2-7-22(15-24)8-10-25(16-22)21(26)17-5-11-28-12-6-17/h3-4,13,17H,2,5-12,14-16H2,1H3. The summed E-state index contributed by atoms with van der Waals surface area (Å²) in [6.45, 7) is 5.62. The van der Waals surface area contributed by atoms with E-state index in [0.29, 0.717) is 37.0 Å². The minimum atomic E-state index is -0.178. The summed E-state index contributed by atoms with van der Waals surface area (Å²) in [5.74, 6) is 0.964. The van der Waals surface area contributed by atoms with Gasteiger partial charge in [0.2, 0.25) is 5.91 Å². The molecule has 6 heteroatoms. The summed E-state index contributed by atoms with van der Waals surface area (Å²) in [6.07, 6.45) is 5.01. The summed E-state index contributed by atoms with van der Waals surface area (Å²) in [7, 11) is 1.61. The Labute approximate surface area is 166 Å². The second kappa shape index (κ2) is 8.37. The average Bonchev–Trinajstić information content (AvgIpc) is 3.13. The minimum absolute atomic E-state index is 0.134. The van der Waals surface area contributed by atoms with Crippen molar-refractivity contribution in [1.82, 2.24) is 9.80 Å². The van der Waals surface area contributed by atoms with Crippen molar-refractivity contribution < 1.29 is 18.7 Å². The lowest BCUT2D eigenvalue weighted by Gasteiger charge is -2.40. The van der Waals surface area contributed by atoms with Gasteiger partial charge in [-0.15, -0.1) is 0 Å². The Bertz CT molecular complexity index is 707. The first-order chi connectivity index (χ1) is 13.6. The zero-order chi connectivity index (χ0) is 19.6. The second-order valence-corrected chi connectivity index (χ2v) is 8.67. The normalized spacial score (nSPS) is 26.7. The molecule has 1 atom stereocenters. The lowest BCUT2D eigenvalue weighted by atomic mass is 9.79. The van der Waals surface area contributed by atoms with Gasteiger partial charge in [-0.2, -0.15) is 0 Å². The van der Waals surface area contributed by atoms with E-state index in [4.69, 9.17) is 9.47 Å². The van der Waals surface area contributed by atoms with Crippen LogP contribution in [0.4, 0.5) is 4.39 Å². The van der Waals surface area contributed by atoms with Crippen LogP contribution in [-0.4, -0.2) is 62.2 Å². The quantitative estimate of drug-likeness (QED) is 0.792. The van der Waals surface area contributed by atoms with Gasteiger partial charge in [-0.3, -0.25) is 9.69 Å². The summed E-state index contributed by atoms with van der Waals surface area (Å²) >= 11 is 0. The second-order valence-electron chi connectivity index (χ2n) is 8.67. The Hall–Kier alpha value is -1.66. The van der Waals surface area contributed by atoms with Gasteiger partial charge in [0.1, 0.15) is 11.6 Å². The number of amides is 1. The molecule has 0 aromatic heterocycles. The van der Waals surface area contributed by atoms with E-state index in [9.17, 15) is 9.18 Å². The molecule has 3 heterocycles. The van der Waals surface area contributed by atoms with Crippen molar-refractivity contribution in [3.63, 3.8) is 0 Å². The van der Waals surface area contributed by atoms with E-state index in [1.54, 1.807) is 19.2 Å². The van der Waals surface area contributed by atoms with Gasteiger partial charge in [-0.05, 0) is 56.8 Å². The molecular weight excluding hydrogens is 359 g/mol. The molecule has 0 saturated carbocycles. The fraction of sp³-hybridized carbons (Fsp3) is 0.682. The molecule has 28 heavy (non-hydrogen) atoms. The number of hydrogen-bond donors (Lipinski definition) is 0. The van der Waals surface area contributed by atoms with Gasteiger partial charge in [0.25, 0.3) is 0 Å². The molecule has 3 aliphatic rings. The lowest BCUT2D eigenvalue weighted by Crippen LogP contribution is -2.46. The molecule has 1 aromatic rings. The summed E-state index contributed by atoms with van der Waals surface area (Å²) in [5.41, 5.74) is 0.846. The maximum atomic E-state index is 14.3. The molecule has 0 aliphatic carbocycles. The maximum absolute atomic E-state index is 14.3. The first-order valence-corrected chi connectivity index (χ1v) is 10.5. The lowest BCUT2D eigenvalue weighted by molar-refractivity contribution is -0.138. The first kappa shape index (κ1) is 19.6. The maximum Gasteiger partial charge on any atom is 0.225 e. The van der Waals surface area contributed by atoms with Crippen LogP contribution in [-0.2, 0) is 16.1 Å². The fourth-order valence-electron chi connectivity index (χ4n) is 5.14. The van der Waals surface area contributed by atoms with Crippen LogP contribution in [0, 0.1) is 17.2 Å². The highest BCUT2D eigenvalue weighted by Gasteiger charge is 2.43. The van der Waals surface area contributed by atoms with E-state index in [1.165, 1.54) is 6.07 Å².